The van der Waals surface area contributed by atoms with Gasteiger partial charge in [-0.2, -0.15) is 0 Å². The van der Waals surface area contributed by atoms with Gasteiger partial charge in [0, 0.05) is 29.3 Å². The summed E-state index contributed by atoms with van der Waals surface area (Å²) in [7, 11) is 3.19. The number of amides is 1. The molecule has 0 aliphatic carbocycles. The number of carbonyl (C=O) groups excluding carboxylic acids is 1. The predicted molar refractivity (Wildman–Crippen MR) is 126 cm³/mol. The van der Waals surface area contributed by atoms with E-state index in [2.05, 4.69) is 0 Å². The third kappa shape index (κ3) is 3.40. The average molecular weight is 455 g/mol. The van der Waals surface area contributed by atoms with Gasteiger partial charge in [0.15, 0.2) is 0 Å². The quantitative estimate of drug-likeness (QED) is 0.145. The third-order valence-corrected chi connectivity index (χ3v) is 8.48. The standard InChI is InChI=1S/C22H18N2O3S3/c1-13-4-10-16-17(12-13)23(22(2,3)20-19(16)21(28)30-29-20)18(25)11-7-14-5-8-15(9-6-14)24(26)27/h4-12H,1-3H3/b11-7+. The van der Waals surface area contributed by atoms with Gasteiger partial charge in [-0.15, -0.1) is 0 Å². The molecule has 0 atom stereocenters. The molecular formula is C22H18N2O3S3. The fourth-order valence-electron chi connectivity index (χ4n) is 3.68. The Hall–Kier alpha value is -2.68. The van der Waals surface area contributed by atoms with Crippen molar-refractivity contribution in [2.75, 3.05) is 4.90 Å². The zero-order valence-electron chi connectivity index (χ0n) is 16.5. The Morgan fingerprint density at radius 2 is 1.87 bits per heavy atom. The molecule has 0 unspecified atom stereocenters. The molecule has 2 aromatic carbocycles. The summed E-state index contributed by atoms with van der Waals surface area (Å²) in [6.07, 6.45) is 3.20. The highest BCUT2D eigenvalue weighted by atomic mass is 32.9. The van der Waals surface area contributed by atoms with Crippen LogP contribution < -0.4 is 4.90 Å². The summed E-state index contributed by atoms with van der Waals surface area (Å²) in [4.78, 5) is 26.7. The largest absolute Gasteiger partial charge is 0.298 e. The predicted octanol–water partition coefficient (Wildman–Crippen LogP) is 6.72. The van der Waals surface area contributed by atoms with Crippen LogP contribution in [0.5, 0.6) is 0 Å². The zero-order valence-corrected chi connectivity index (χ0v) is 19.0. The molecule has 2 heterocycles. The molecule has 8 heteroatoms. The molecule has 1 aliphatic rings. The average Bonchev–Trinajstić information content (AvgIpc) is 3.09. The van der Waals surface area contributed by atoms with Crippen LogP contribution in [0.25, 0.3) is 17.2 Å². The summed E-state index contributed by atoms with van der Waals surface area (Å²) < 4.78 is 0.849. The van der Waals surface area contributed by atoms with E-state index in [0.29, 0.717) is 0 Å². The van der Waals surface area contributed by atoms with Crippen molar-refractivity contribution in [3.05, 3.63) is 78.5 Å². The van der Waals surface area contributed by atoms with E-state index >= 15 is 0 Å². The highest BCUT2D eigenvalue weighted by Gasteiger charge is 2.42. The van der Waals surface area contributed by atoms with Crippen molar-refractivity contribution in [1.82, 2.24) is 0 Å². The summed E-state index contributed by atoms with van der Waals surface area (Å²) in [5.41, 5.74) is 4.15. The molecule has 30 heavy (non-hydrogen) atoms. The molecule has 5 nitrogen and oxygen atoms in total. The van der Waals surface area contributed by atoms with Gasteiger partial charge in [0.2, 0.25) is 0 Å². The number of hydrogen-bond donors (Lipinski definition) is 0. The summed E-state index contributed by atoms with van der Waals surface area (Å²) in [5.74, 6) is -0.153. The maximum absolute atomic E-state index is 13.4. The van der Waals surface area contributed by atoms with Crippen LogP contribution in [0.4, 0.5) is 11.4 Å². The summed E-state index contributed by atoms with van der Waals surface area (Å²) in [6.45, 7) is 6.07. The zero-order chi connectivity index (χ0) is 21.6. The highest BCUT2D eigenvalue weighted by molar-refractivity contribution is 7.80. The second-order valence-corrected chi connectivity index (χ2v) is 10.4. The smallest absolute Gasteiger partial charge is 0.269 e. The van der Waals surface area contributed by atoms with Crippen LogP contribution in [0.15, 0.2) is 48.5 Å². The van der Waals surface area contributed by atoms with Crippen molar-refractivity contribution in [3.8, 4) is 11.1 Å². The fraction of sp³-hybridized carbons (Fsp3) is 0.182. The van der Waals surface area contributed by atoms with E-state index in [1.807, 2.05) is 43.9 Å². The third-order valence-electron chi connectivity index (χ3n) is 5.15. The number of hydrogen-bond acceptors (Lipinski definition) is 6. The summed E-state index contributed by atoms with van der Waals surface area (Å²) in [5, 5.41) is 10.8. The van der Waals surface area contributed by atoms with Gasteiger partial charge in [-0.05, 0) is 56.2 Å². The maximum atomic E-state index is 13.4. The molecule has 0 bridgehead atoms. The SMILES string of the molecule is Cc1ccc2c(c1)N(C(=O)/C=C/c1ccc([N+](=O)[O-])cc1)C(C)(C)c1ssc(=S)c1-2. The Kier molecular flexibility index (Phi) is 5.17. The second-order valence-electron chi connectivity index (χ2n) is 7.59. The molecule has 0 N–H and O–H groups in total. The second kappa shape index (κ2) is 7.54. The minimum absolute atomic E-state index is 0.0197. The van der Waals surface area contributed by atoms with E-state index < -0.39 is 10.5 Å². The Labute approximate surface area is 186 Å². The van der Waals surface area contributed by atoms with E-state index in [-0.39, 0.29) is 11.6 Å². The number of nitro benzene ring substituents is 1. The first-order chi connectivity index (χ1) is 14.2. The lowest BCUT2D eigenvalue weighted by atomic mass is 9.87. The van der Waals surface area contributed by atoms with Crippen molar-refractivity contribution in [1.29, 1.82) is 0 Å². The molecule has 3 aromatic rings. The number of nitro groups is 1. The van der Waals surface area contributed by atoms with Gasteiger partial charge in [-0.25, -0.2) is 0 Å². The molecular weight excluding hydrogens is 436 g/mol. The topological polar surface area (TPSA) is 63.5 Å². The molecule has 4 rings (SSSR count). The molecule has 1 aromatic heterocycles. The highest BCUT2D eigenvalue weighted by Crippen LogP contribution is 2.52. The number of benzene rings is 2. The van der Waals surface area contributed by atoms with E-state index in [0.717, 1.165) is 36.6 Å². The lowest BCUT2D eigenvalue weighted by Crippen LogP contribution is -2.47. The fourth-order valence-corrected chi connectivity index (χ4v) is 6.96. The summed E-state index contributed by atoms with van der Waals surface area (Å²) >= 11 is 5.60. The molecule has 0 saturated heterocycles. The van der Waals surface area contributed by atoms with Crippen LogP contribution in [-0.4, -0.2) is 10.8 Å². The lowest BCUT2D eigenvalue weighted by molar-refractivity contribution is -0.384. The lowest BCUT2D eigenvalue weighted by Gasteiger charge is -2.42. The van der Waals surface area contributed by atoms with Crippen molar-refractivity contribution < 1.29 is 9.72 Å². The van der Waals surface area contributed by atoms with Crippen LogP contribution in [0.1, 0.15) is 29.9 Å². The van der Waals surface area contributed by atoms with Crippen molar-refractivity contribution in [2.45, 2.75) is 26.3 Å². The van der Waals surface area contributed by atoms with Crippen LogP contribution in [-0.2, 0) is 10.3 Å². The van der Waals surface area contributed by atoms with Gasteiger partial charge in [0.05, 0.1) is 21.0 Å². The molecule has 0 radical (unpaired) electrons. The van der Waals surface area contributed by atoms with Gasteiger partial charge in [0.25, 0.3) is 11.6 Å². The molecule has 152 valence electrons. The van der Waals surface area contributed by atoms with Crippen molar-refractivity contribution in [2.24, 2.45) is 0 Å². The van der Waals surface area contributed by atoms with Crippen LogP contribution in [0.2, 0.25) is 0 Å². The first kappa shape index (κ1) is 20.6. The minimum atomic E-state index is -0.550. The number of anilines is 1. The van der Waals surface area contributed by atoms with E-state index in [4.69, 9.17) is 12.2 Å². The van der Waals surface area contributed by atoms with Crippen LogP contribution in [0.3, 0.4) is 0 Å². The van der Waals surface area contributed by atoms with E-state index in [1.54, 1.807) is 38.9 Å². The first-order valence-corrected chi connectivity index (χ1v) is 11.8. The molecule has 0 fully saturated rings. The van der Waals surface area contributed by atoms with Crippen molar-refractivity contribution in [3.63, 3.8) is 0 Å². The summed E-state index contributed by atoms with van der Waals surface area (Å²) in [6, 6.07) is 12.2. The number of fused-ring (bicyclic) bond motifs is 3. The Morgan fingerprint density at radius 3 is 2.53 bits per heavy atom. The monoisotopic (exact) mass is 454 g/mol. The van der Waals surface area contributed by atoms with Crippen LogP contribution >= 0.6 is 32.9 Å². The van der Waals surface area contributed by atoms with E-state index in [1.165, 1.54) is 18.2 Å². The maximum Gasteiger partial charge on any atom is 0.269 e. The van der Waals surface area contributed by atoms with E-state index in [9.17, 15) is 14.9 Å². The van der Waals surface area contributed by atoms with Gasteiger partial charge in [-0.1, -0.05) is 45.0 Å². The molecule has 0 spiro atoms. The molecule has 0 saturated carbocycles. The van der Waals surface area contributed by atoms with Gasteiger partial charge < -0.3 is 0 Å². The Morgan fingerprint density at radius 1 is 1.17 bits per heavy atom. The number of nitrogens with zero attached hydrogens (tertiary/aromatic N) is 2. The first-order valence-electron chi connectivity index (χ1n) is 9.21. The van der Waals surface area contributed by atoms with Crippen LogP contribution in [0, 0.1) is 20.9 Å². The normalized spacial score (nSPS) is 14.4. The molecule has 1 aliphatic heterocycles. The number of rotatable bonds is 3. The number of non-ortho nitro benzene ring substituents is 1. The Bertz CT molecular complexity index is 1250. The minimum Gasteiger partial charge on any atom is -0.298 e. The van der Waals surface area contributed by atoms with Crippen molar-refractivity contribution >= 4 is 56.3 Å². The Balaban J connectivity index is 1.76. The number of aryl methyl sites for hydroxylation is 1. The van der Waals surface area contributed by atoms with Gasteiger partial charge in [-0.3, -0.25) is 19.8 Å². The number of carbonyl (C=O) groups is 1. The van der Waals surface area contributed by atoms with Gasteiger partial charge in [0.1, 0.15) is 3.82 Å². The molecule has 1 amide bonds. The van der Waals surface area contributed by atoms with Gasteiger partial charge >= 0.3 is 0 Å².